The highest BCUT2D eigenvalue weighted by atomic mass is 19.1. The van der Waals surface area contributed by atoms with Crippen molar-refractivity contribution >= 4 is 11.9 Å². The molecule has 0 unspecified atom stereocenters. The Hall–Kier alpha value is -1.98. The first-order chi connectivity index (χ1) is 8.09. The number of carbonyl (C=O) groups is 2. The number of hydrogen-bond acceptors (Lipinski definition) is 3. The van der Waals surface area contributed by atoms with Crippen LogP contribution < -0.4 is 0 Å². The Labute approximate surface area is 96.9 Å². The number of carboxylic acid groups (broad SMARTS) is 1. The summed E-state index contributed by atoms with van der Waals surface area (Å²) in [6, 6.07) is 3.06. The fraction of sp³-hybridized carbons (Fsp3) is 0.364. The third-order valence-electron chi connectivity index (χ3n) is 2.73. The van der Waals surface area contributed by atoms with E-state index >= 15 is 0 Å². The van der Waals surface area contributed by atoms with Crippen molar-refractivity contribution in [1.82, 2.24) is 9.88 Å². The third-order valence-corrected chi connectivity index (χ3v) is 2.73. The van der Waals surface area contributed by atoms with E-state index in [4.69, 9.17) is 5.11 Å². The largest absolute Gasteiger partial charge is 0.480 e. The highest BCUT2D eigenvalue weighted by Crippen LogP contribution is 2.19. The minimum Gasteiger partial charge on any atom is -0.480 e. The van der Waals surface area contributed by atoms with E-state index in [1.165, 1.54) is 17.0 Å². The molecule has 1 fully saturated rings. The summed E-state index contributed by atoms with van der Waals surface area (Å²) >= 11 is 0. The van der Waals surface area contributed by atoms with Crippen LogP contribution >= 0.6 is 0 Å². The van der Waals surface area contributed by atoms with Gasteiger partial charge in [-0.05, 0) is 25.0 Å². The van der Waals surface area contributed by atoms with E-state index in [1.54, 1.807) is 0 Å². The molecule has 1 atom stereocenters. The number of rotatable bonds is 2. The minimum absolute atomic E-state index is 0.0573. The van der Waals surface area contributed by atoms with Gasteiger partial charge in [0.2, 0.25) is 5.95 Å². The van der Waals surface area contributed by atoms with Gasteiger partial charge in [0, 0.05) is 6.54 Å². The molecule has 0 aliphatic carbocycles. The van der Waals surface area contributed by atoms with Crippen molar-refractivity contribution in [3.05, 3.63) is 29.8 Å². The number of carboxylic acids is 1. The van der Waals surface area contributed by atoms with Gasteiger partial charge in [-0.25, -0.2) is 9.78 Å². The zero-order valence-corrected chi connectivity index (χ0v) is 8.97. The highest BCUT2D eigenvalue weighted by molar-refractivity contribution is 5.95. The molecule has 0 spiro atoms. The number of amides is 1. The lowest BCUT2D eigenvalue weighted by atomic mass is 10.2. The molecule has 0 aromatic carbocycles. The Morgan fingerprint density at radius 1 is 1.47 bits per heavy atom. The summed E-state index contributed by atoms with van der Waals surface area (Å²) in [6.07, 6.45) is 1.06. The van der Waals surface area contributed by atoms with Crippen LogP contribution in [0.1, 0.15) is 23.3 Å². The lowest BCUT2D eigenvalue weighted by molar-refractivity contribution is -0.141. The van der Waals surface area contributed by atoms with E-state index < -0.39 is 23.9 Å². The van der Waals surface area contributed by atoms with E-state index in [-0.39, 0.29) is 5.69 Å². The van der Waals surface area contributed by atoms with Crippen LogP contribution in [0, 0.1) is 5.95 Å². The summed E-state index contributed by atoms with van der Waals surface area (Å²) in [4.78, 5) is 27.6. The van der Waals surface area contributed by atoms with Gasteiger partial charge in [-0.3, -0.25) is 4.79 Å². The van der Waals surface area contributed by atoms with Gasteiger partial charge in [0.05, 0.1) is 0 Å². The van der Waals surface area contributed by atoms with Gasteiger partial charge in [0.15, 0.2) is 0 Å². The zero-order chi connectivity index (χ0) is 12.4. The van der Waals surface area contributed by atoms with Crippen LogP contribution in [-0.2, 0) is 4.79 Å². The second-order valence-electron chi connectivity index (χ2n) is 3.84. The van der Waals surface area contributed by atoms with Crippen LogP contribution in [0.3, 0.4) is 0 Å². The third kappa shape index (κ3) is 2.25. The summed E-state index contributed by atoms with van der Waals surface area (Å²) in [6.45, 7) is 0.369. The molecule has 1 aliphatic rings. The summed E-state index contributed by atoms with van der Waals surface area (Å²) in [5, 5.41) is 8.95. The smallest absolute Gasteiger partial charge is 0.326 e. The number of halogens is 1. The fourth-order valence-corrected chi connectivity index (χ4v) is 1.94. The van der Waals surface area contributed by atoms with Crippen molar-refractivity contribution in [3.8, 4) is 0 Å². The maximum absolute atomic E-state index is 12.9. The second-order valence-corrected chi connectivity index (χ2v) is 3.84. The average Bonchev–Trinajstić information content (AvgIpc) is 2.77. The van der Waals surface area contributed by atoms with E-state index in [2.05, 4.69) is 4.98 Å². The van der Waals surface area contributed by atoms with Crippen LogP contribution in [0.2, 0.25) is 0 Å². The van der Waals surface area contributed by atoms with Crippen molar-refractivity contribution in [2.45, 2.75) is 18.9 Å². The Bertz CT molecular complexity index is 464. The molecule has 5 nitrogen and oxygen atoms in total. The maximum Gasteiger partial charge on any atom is 0.326 e. The Kier molecular flexibility index (Phi) is 3.03. The Balaban J connectivity index is 2.23. The van der Waals surface area contributed by atoms with Gasteiger partial charge < -0.3 is 10.0 Å². The summed E-state index contributed by atoms with van der Waals surface area (Å²) < 4.78 is 12.9. The van der Waals surface area contributed by atoms with Crippen molar-refractivity contribution < 1.29 is 19.1 Å². The first kappa shape index (κ1) is 11.5. The first-order valence-electron chi connectivity index (χ1n) is 5.26. The van der Waals surface area contributed by atoms with Crippen LogP contribution in [0.4, 0.5) is 4.39 Å². The van der Waals surface area contributed by atoms with Crippen molar-refractivity contribution in [2.75, 3.05) is 6.54 Å². The van der Waals surface area contributed by atoms with Gasteiger partial charge in [-0.2, -0.15) is 4.39 Å². The molecule has 17 heavy (non-hydrogen) atoms. The first-order valence-corrected chi connectivity index (χ1v) is 5.26. The molecular formula is C11H11FN2O3. The van der Waals surface area contributed by atoms with Gasteiger partial charge >= 0.3 is 5.97 Å². The number of carbonyl (C=O) groups excluding carboxylic acids is 1. The highest BCUT2D eigenvalue weighted by Gasteiger charge is 2.34. The molecule has 2 rings (SSSR count). The van der Waals surface area contributed by atoms with E-state index in [0.29, 0.717) is 19.4 Å². The lowest BCUT2D eigenvalue weighted by Gasteiger charge is -2.20. The van der Waals surface area contributed by atoms with Gasteiger partial charge in [0.1, 0.15) is 11.7 Å². The molecule has 1 saturated heterocycles. The molecule has 0 radical (unpaired) electrons. The number of likely N-dealkylation sites (tertiary alicyclic amines) is 1. The average molecular weight is 238 g/mol. The molecule has 0 bridgehead atoms. The minimum atomic E-state index is -1.03. The number of pyridine rings is 1. The molecule has 1 aliphatic heterocycles. The Morgan fingerprint density at radius 3 is 2.88 bits per heavy atom. The number of aliphatic carboxylic acids is 1. The zero-order valence-electron chi connectivity index (χ0n) is 8.97. The fourth-order valence-electron chi connectivity index (χ4n) is 1.94. The quantitative estimate of drug-likeness (QED) is 0.777. The summed E-state index contributed by atoms with van der Waals surface area (Å²) in [5.41, 5.74) is -0.0573. The molecule has 1 aromatic heterocycles. The van der Waals surface area contributed by atoms with Crippen molar-refractivity contribution in [1.29, 1.82) is 0 Å². The van der Waals surface area contributed by atoms with Crippen molar-refractivity contribution in [3.63, 3.8) is 0 Å². The number of nitrogens with zero attached hydrogens (tertiary/aromatic N) is 2. The monoisotopic (exact) mass is 238 g/mol. The molecule has 6 heteroatoms. The molecule has 1 amide bonds. The van der Waals surface area contributed by atoms with Crippen LogP contribution in [-0.4, -0.2) is 39.5 Å². The molecular weight excluding hydrogens is 227 g/mol. The van der Waals surface area contributed by atoms with E-state index in [1.807, 2.05) is 0 Å². The van der Waals surface area contributed by atoms with Crippen LogP contribution in [0.15, 0.2) is 18.2 Å². The lowest BCUT2D eigenvalue weighted by Crippen LogP contribution is -2.40. The predicted octanol–water partition coefficient (Wildman–Crippen LogP) is 0.910. The SMILES string of the molecule is O=C(O)[C@@H]1CCCN1C(=O)c1cccc(F)n1. The van der Waals surface area contributed by atoms with Gasteiger partial charge in [0.25, 0.3) is 5.91 Å². The van der Waals surface area contributed by atoms with Gasteiger partial charge in [-0.1, -0.05) is 6.07 Å². The number of hydrogen-bond donors (Lipinski definition) is 1. The summed E-state index contributed by atoms with van der Waals surface area (Å²) in [7, 11) is 0. The predicted molar refractivity (Wildman–Crippen MR) is 55.9 cm³/mol. The van der Waals surface area contributed by atoms with E-state index in [0.717, 1.165) is 6.07 Å². The van der Waals surface area contributed by atoms with Gasteiger partial charge in [-0.15, -0.1) is 0 Å². The van der Waals surface area contributed by atoms with Crippen molar-refractivity contribution in [2.24, 2.45) is 0 Å². The molecule has 2 heterocycles. The molecule has 90 valence electrons. The standard InChI is InChI=1S/C11H11FN2O3/c12-9-5-1-3-7(13-9)10(15)14-6-2-4-8(14)11(16)17/h1,3,5,8H,2,4,6H2,(H,16,17)/t8-/m0/s1. The topological polar surface area (TPSA) is 70.5 Å². The summed E-state index contributed by atoms with van der Waals surface area (Å²) in [5.74, 6) is -2.32. The van der Waals surface area contributed by atoms with Crippen LogP contribution in [0.5, 0.6) is 0 Å². The molecule has 1 aromatic rings. The Morgan fingerprint density at radius 2 is 2.24 bits per heavy atom. The molecule has 0 saturated carbocycles. The number of aromatic nitrogens is 1. The van der Waals surface area contributed by atoms with E-state index in [9.17, 15) is 14.0 Å². The van der Waals surface area contributed by atoms with Crippen LogP contribution in [0.25, 0.3) is 0 Å². The maximum atomic E-state index is 12.9. The normalized spacial score (nSPS) is 19.4. The second kappa shape index (κ2) is 4.48. The molecule has 1 N–H and O–H groups in total.